The molecule has 2 saturated heterocycles. The molecule has 0 aliphatic carbocycles. The van der Waals surface area contributed by atoms with Gasteiger partial charge in [-0.2, -0.15) is 0 Å². The maximum Gasteiger partial charge on any atom is 0.0623 e. The van der Waals surface area contributed by atoms with E-state index in [0.717, 1.165) is 12.8 Å². The molecule has 2 nitrogen and oxygen atoms in total. The molecule has 1 aromatic heterocycles. The van der Waals surface area contributed by atoms with Gasteiger partial charge in [0.2, 0.25) is 0 Å². The predicted molar refractivity (Wildman–Crippen MR) is 71.4 cm³/mol. The summed E-state index contributed by atoms with van der Waals surface area (Å²) in [5, 5.41) is 0. The molecular formula is C14H21NOS. The van der Waals surface area contributed by atoms with Crippen LogP contribution >= 0.6 is 11.3 Å². The van der Waals surface area contributed by atoms with Crippen LogP contribution in [0.15, 0.2) is 12.1 Å². The van der Waals surface area contributed by atoms with E-state index < -0.39 is 0 Å². The third kappa shape index (κ3) is 2.28. The van der Waals surface area contributed by atoms with Crippen molar-refractivity contribution in [2.45, 2.75) is 57.3 Å². The molecule has 17 heavy (non-hydrogen) atoms. The zero-order valence-electron chi connectivity index (χ0n) is 10.4. The van der Waals surface area contributed by atoms with E-state index in [1.54, 1.807) is 0 Å². The molecule has 4 unspecified atom stereocenters. The summed E-state index contributed by atoms with van der Waals surface area (Å²) in [5.41, 5.74) is 6.37. The van der Waals surface area contributed by atoms with Gasteiger partial charge in [0.05, 0.1) is 12.2 Å². The first-order chi connectivity index (χ1) is 8.26. The molecule has 0 radical (unpaired) electrons. The minimum Gasteiger partial charge on any atom is -0.375 e. The van der Waals surface area contributed by atoms with E-state index in [2.05, 4.69) is 19.1 Å². The minimum absolute atomic E-state index is 0.286. The summed E-state index contributed by atoms with van der Waals surface area (Å²) >= 11 is 1.92. The lowest BCUT2D eigenvalue weighted by Gasteiger charge is -2.24. The van der Waals surface area contributed by atoms with E-state index in [9.17, 15) is 0 Å². The zero-order chi connectivity index (χ0) is 11.8. The van der Waals surface area contributed by atoms with Gasteiger partial charge in [-0.05, 0) is 44.2 Å². The topological polar surface area (TPSA) is 35.2 Å². The van der Waals surface area contributed by atoms with Crippen LogP contribution in [0.2, 0.25) is 0 Å². The molecular weight excluding hydrogens is 230 g/mol. The van der Waals surface area contributed by atoms with Gasteiger partial charge in [0.15, 0.2) is 0 Å². The highest BCUT2D eigenvalue weighted by Gasteiger charge is 2.43. The van der Waals surface area contributed by atoms with Crippen molar-refractivity contribution in [2.75, 3.05) is 0 Å². The van der Waals surface area contributed by atoms with Crippen molar-refractivity contribution in [3.8, 4) is 0 Å². The van der Waals surface area contributed by atoms with Crippen molar-refractivity contribution >= 4 is 11.3 Å². The predicted octanol–water partition coefficient (Wildman–Crippen LogP) is 2.75. The average molecular weight is 251 g/mol. The Balaban J connectivity index is 1.61. The van der Waals surface area contributed by atoms with E-state index in [-0.39, 0.29) is 6.04 Å². The van der Waals surface area contributed by atoms with Gasteiger partial charge in [0, 0.05) is 21.7 Å². The molecule has 0 amide bonds. The van der Waals surface area contributed by atoms with E-state index >= 15 is 0 Å². The molecule has 3 heterocycles. The first kappa shape index (κ1) is 11.7. The molecule has 3 heteroatoms. The number of rotatable bonds is 4. The third-order valence-corrected chi connectivity index (χ3v) is 5.46. The Morgan fingerprint density at radius 2 is 2.24 bits per heavy atom. The quantitative estimate of drug-likeness (QED) is 0.893. The molecule has 0 spiro atoms. The van der Waals surface area contributed by atoms with Gasteiger partial charge in [0.25, 0.3) is 0 Å². The monoisotopic (exact) mass is 251 g/mol. The van der Waals surface area contributed by atoms with E-state index in [0.29, 0.717) is 18.1 Å². The van der Waals surface area contributed by atoms with Gasteiger partial charge in [-0.25, -0.2) is 0 Å². The molecule has 2 N–H and O–H groups in total. The summed E-state index contributed by atoms with van der Waals surface area (Å²) in [4.78, 5) is 2.91. The number of thiophene rings is 1. The van der Waals surface area contributed by atoms with Crippen molar-refractivity contribution in [1.82, 2.24) is 0 Å². The summed E-state index contributed by atoms with van der Waals surface area (Å²) in [6.07, 6.45) is 6.82. The fraction of sp³-hybridized carbons (Fsp3) is 0.714. The molecule has 2 aliphatic rings. The highest BCUT2D eigenvalue weighted by molar-refractivity contribution is 7.11. The van der Waals surface area contributed by atoms with E-state index in [4.69, 9.17) is 10.5 Å². The van der Waals surface area contributed by atoms with Gasteiger partial charge in [0.1, 0.15) is 0 Å². The Morgan fingerprint density at radius 3 is 2.82 bits per heavy atom. The number of ether oxygens (including phenoxy) is 1. The SMILES string of the molecule is CCc1ccc(CC(N)C2CC3CCC2O3)s1. The summed E-state index contributed by atoms with van der Waals surface area (Å²) in [6.45, 7) is 2.21. The van der Waals surface area contributed by atoms with E-state index in [1.165, 1.54) is 29.0 Å². The lowest BCUT2D eigenvalue weighted by molar-refractivity contribution is 0.0885. The van der Waals surface area contributed by atoms with E-state index in [1.807, 2.05) is 11.3 Å². The third-order valence-electron chi connectivity index (χ3n) is 4.21. The van der Waals surface area contributed by atoms with Crippen LogP contribution in [0.25, 0.3) is 0 Å². The van der Waals surface area contributed by atoms with Gasteiger partial charge < -0.3 is 10.5 Å². The van der Waals surface area contributed by atoms with Crippen LogP contribution in [-0.4, -0.2) is 18.2 Å². The Hall–Kier alpha value is -0.380. The fourth-order valence-corrected chi connectivity index (χ4v) is 4.26. The largest absolute Gasteiger partial charge is 0.375 e. The second-order valence-corrected chi connectivity index (χ2v) is 6.62. The van der Waals surface area contributed by atoms with Gasteiger partial charge in [-0.1, -0.05) is 6.92 Å². The van der Waals surface area contributed by atoms with Crippen LogP contribution in [0.5, 0.6) is 0 Å². The summed E-state index contributed by atoms with van der Waals surface area (Å²) in [5.74, 6) is 0.598. The first-order valence-corrected chi connectivity index (χ1v) is 7.56. The fourth-order valence-electron chi connectivity index (χ4n) is 3.23. The van der Waals surface area contributed by atoms with Crippen LogP contribution < -0.4 is 5.73 Å². The first-order valence-electron chi connectivity index (χ1n) is 6.75. The zero-order valence-corrected chi connectivity index (χ0v) is 11.2. The number of aryl methyl sites for hydroxylation is 1. The molecule has 1 aromatic rings. The van der Waals surface area contributed by atoms with Crippen LogP contribution in [0, 0.1) is 5.92 Å². The maximum absolute atomic E-state index is 6.37. The van der Waals surface area contributed by atoms with Crippen LogP contribution in [0.1, 0.15) is 35.9 Å². The van der Waals surface area contributed by atoms with Crippen molar-refractivity contribution in [3.05, 3.63) is 21.9 Å². The molecule has 0 aromatic carbocycles. The second-order valence-electron chi connectivity index (χ2n) is 5.36. The Bertz CT molecular complexity index is 389. The standard InChI is InChI=1S/C14H21NOS/c1-2-10-4-5-11(17-10)8-13(15)12-7-9-3-6-14(12)16-9/h4-5,9,12-14H,2-3,6-8,15H2,1H3. The number of hydrogen-bond acceptors (Lipinski definition) is 3. The number of nitrogens with two attached hydrogens (primary N) is 1. The molecule has 2 fully saturated rings. The average Bonchev–Trinajstić information content (AvgIpc) is 3.04. The molecule has 2 bridgehead atoms. The Morgan fingerprint density at radius 1 is 1.41 bits per heavy atom. The van der Waals surface area contributed by atoms with Crippen molar-refractivity contribution in [1.29, 1.82) is 0 Å². The van der Waals surface area contributed by atoms with Gasteiger partial charge >= 0.3 is 0 Å². The maximum atomic E-state index is 6.37. The van der Waals surface area contributed by atoms with Crippen LogP contribution in [0.3, 0.4) is 0 Å². The Labute approximate surface area is 107 Å². The summed E-state index contributed by atoms with van der Waals surface area (Å²) in [7, 11) is 0. The lowest BCUT2D eigenvalue weighted by atomic mass is 9.83. The van der Waals surface area contributed by atoms with Gasteiger partial charge in [-0.3, -0.25) is 0 Å². The Kier molecular flexibility index (Phi) is 3.24. The highest BCUT2D eigenvalue weighted by atomic mass is 32.1. The van der Waals surface area contributed by atoms with Crippen LogP contribution in [0.4, 0.5) is 0 Å². The van der Waals surface area contributed by atoms with Crippen LogP contribution in [-0.2, 0) is 17.6 Å². The highest BCUT2D eigenvalue weighted by Crippen LogP contribution is 2.40. The van der Waals surface area contributed by atoms with Crippen molar-refractivity contribution in [3.63, 3.8) is 0 Å². The normalized spacial score (nSPS) is 33.2. The number of hydrogen-bond donors (Lipinski definition) is 1. The molecule has 3 rings (SSSR count). The molecule has 2 aliphatic heterocycles. The van der Waals surface area contributed by atoms with Crippen molar-refractivity contribution < 1.29 is 4.74 Å². The van der Waals surface area contributed by atoms with Gasteiger partial charge in [-0.15, -0.1) is 11.3 Å². The lowest BCUT2D eigenvalue weighted by Crippen LogP contribution is -2.37. The minimum atomic E-state index is 0.286. The van der Waals surface area contributed by atoms with Crippen molar-refractivity contribution in [2.24, 2.45) is 11.7 Å². The molecule has 0 saturated carbocycles. The second kappa shape index (κ2) is 4.71. The summed E-state index contributed by atoms with van der Waals surface area (Å²) < 4.78 is 5.89. The number of fused-ring (bicyclic) bond motifs is 2. The summed E-state index contributed by atoms with van der Waals surface area (Å²) in [6, 6.07) is 4.77. The molecule has 4 atom stereocenters. The smallest absolute Gasteiger partial charge is 0.0623 e. The molecule has 94 valence electrons.